The fourth-order valence-corrected chi connectivity index (χ4v) is 1.57. The average Bonchev–Trinajstić information content (AvgIpc) is 2.42. The van der Waals surface area contributed by atoms with Crippen molar-refractivity contribution in [2.45, 2.75) is 5.75 Å². The van der Waals surface area contributed by atoms with Gasteiger partial charge in [0.15, 0.2) is 11.3 Å². The molecule has 2 rings (SSSR count). The zero-order valence-corrected chi connectivity index (χ0v) is 10.9. The molecule has 1 heterocycles. The van der Waals surface area contributed by atoms with E-state index in [1.165, 1.54) is 0 Å². The van der Waals surface area contributed by atoms with Gasteiger partial charge in [-0.3, -0.25) is 4.55 Å². The minimum Gasteiger partial charge on any atom is -1.00 e. The second-order valence-corrected chi connectivity index (χ2v) is 4.25. The Labute approximate surface area is 110 Å². The quantitative estimate of drug-likeness (QED) is 0.499. The fourth-order valence-electron chi connectivity index (χ4n) is 1.14. The number of oxazole rings is 1. The second-order valence-electron chi connectivity index (χ2n) is 2.80. The van der Waals surface area contributed by atoms with E-state index in [4.69, 9.17) is 8.97 Å². The molecule has 1 N–H and O–H groups in total. The first-order chi connectivity index (χ1) is 6.54. The molecule has 2 aromatic rings. The number of aromatic nitrogens is 1. The summed E-state index contributed by atoms with van der Waals surface area (Å²) < 4.78 is 34.7. The molecule has 0 amide bonds. The van der Waals surface area contributed by atoms with E-state index in [-0.39, 0.29) is 36.9 Å². The Balaban J connectivity index is 0.00000112. The maximum absolute atomic E-state index is 10.5. The summed E-state index contributed by atoms with van der Waals surface area (Å²) in [5, 5.41) is 0. The van der Waals surface area contributed by atoms with Gasteiger partial charge in [0.25, 0.3) is 10.1 Å². The van der Waals surface area contributed by atoms with Crippen LogP contribution in [0.4, 0.5) is 0 Å². The van der Waals surface area contributed by atoms with Gasteiger partial charge in [0.2, 0.25) is 5.89 Å². The Bertz CT molecular complexity index is 535. The number of nitrogens with zero attached hydrogens (tertiary/aromatic N) is 1. The Hall–Kier alpha value is -0.400. The molecule has 0 saturated heterocycles. The molecule has 0 aliphatic heterocycles. The van der Waals surface area contributed by atoms with Crippen LogP contribution in [0.15, 0.2) is 28.7 Å². The van der Waals surface area contributed by atoms with Gasteiger partial charge in [-0.1, -0.05) is 12.1 Å². The van der Waals surface area contributed by atoms with Gasteiger partial charge in [0, 0.05) is 0 Å². The molecule has 0 radical (unpaired) electrons. The predicted molar refractivity (Wildman–Crippen MR) is 50.4 cm³/mol. The van der Waals surface area contributed by atoms with E-state index < -0.39 is 15.9 Å². The molecule has 0 atom stereocenters. The summed E-state index contributed by atoms with van der Waals surface area (Å²) >= 11 is 0. The molecule has 0 aliphatic rings. The third-order valence-corrected chi connectivity index (χ3v) is 2.26. The molecule has 15 heavy (non-hydrogen) atoms. The van der Waals surface area contributed by atoms with Gasteiger partial charge < -0.3 is 5.84 Å². The van der Waals surface area contributed by atoms with E-state index in [1.807, 2.05) is 0 Å². The first kappa shape index (κ1) is 12.7. The Morgan fingerprint density at radius 3 is 2.67 bits per heavy atom. The molecular formula is C8H8NNaO4S. The molecule has 0 bridgehead atoms. The van der Waals surface area contributed by atoms with Crippen LogP contribution in [0.2, 0.25) is 0 Å². The zero-order valence-electron chi connectivity index (χ0n) is 9.04. The molecule has 0 spiro atoms. The molecule has 7 heteroatoms. The van der Waals surface area contributed by atoms with Gasteiger partial charge in [-0.25, -0.2) is 4.98 Å². The molecule has 1 aromatic heterocycles. The first-order valence-corrected chi connectivity index (χ1v) is 5.45. The minimum atomic E-state index is -4.08. The Morgan fingerprint density at radius 1 is 1.40 bits per heavy atom. The van der Waals surface area contributed by atoms with Crippen molar-refractivity contribution in [2.75, 3.05) is 0 Å². The summed E-state index contributed by atoms with van der Waals surface area (Å²) in [5.74, 6) is -0.601. The van der Waals surface area contributed by atoms with E-state index in [0.29, 0.717) is 11.1 Å². The van der Waals surface area contributed by atoms with Gasteiger partial charge >= 0.3 is 29.6 Å². The van der Waals surface area contributed by atoms with Crippen LogP contribution >= 0.6 is 0 Å². The van der Waals surface area contributed by atoms with Crippen LogP contribution in [-0.2, 0) is 15.9 Å². The smallest absolute Gasteiger partial charge is 1.00 e. The van der Waals surface area contributed by atoms with Crippen molar-refractivity contribution in [1.82, 2.24) is 4.98 Å². The van der Waals surface area contributed by atoms with Crippen molar-refractivity contribution < 1.29 is 48.4 Å². The Kier molecular flexibility index (Phi) is 3.91. The predicted octanol–water partition coefficient (Wildman–Crippen LogP) is -1.67. The molecule has 76 valence electrons. The third kappa shape index (κ3) is 3.29. The van der Waals surface area contributed by atoms with Crippen LogP contribution in [0.3, 0.4) is 0 Å². The molecule has 0 saturated carbocycles. The van der Waals surface area contributed by atoms with Crippen LogP contribution in [0.25, 0.3) is 11.1 Å². The van der Waals surface area contributed by atoms with Gasteiger partial charge in [-0.15, -0.1) is 0 Å². The van der Waals surface area contributed by atoms with E-state index in [1.54, 1.807) is 24.3 Å². The van der Waals surface area contributed by atoms with Gasteiger partial charge in [-0.05, 0) is 12.1 Å². The number of hydrogen-bond donors (Lipinski definition) is 1. The third-order valence-electron chi connectivity index (χ3n) is 1.64. The van der Waals surface area contributed by atoms with Crippen LogP contribution in [-0.4, -0.2) is 18.0 Å². The molecule has 1 aromatic carbocycles. The second kappa shape index (κ2) is 4.63. The maximum atomic E-state index is 10.5. The number of rotatable bonds is 2. The number of fused-ring (bicyclic) bond motifs is 1. The summed E-state index contributed by atoms with van der Waals surface area (Å²) in [7, 11) is -4.08. The van der Waals surface area contributed by atoms with E-state index in [2.05, 4.69) is 4.98 Å². The number of benzene rings is 1. The van der Waals surface area contributed by atoms with Gasteiger partial charge in [0.1, 0.15) is 5.52 Å². The summed E-state index contributed by atoms with van der Waals surface area (Å²) in [4.78, 5) is 3.89. The number of para-hydroxylation sites is 2. The number of hydrogen-bond acceptors (Lipinski definition) is 4. The summed E-state index contributed by atoms with van der Waals surface area (Å²) in [5.41, 5.74) is 1.08. The van der Waals surface area contributed by atoms with E-state index in [9.17, 15) is 8.42 Å². The maximum Gasteiger partial charge on any atom is 1.00 e. The summed E-state index contributed by atoms with van der Waals surface area (Å²) in [6, 6.07) is 6.90. The molecule has 0 unspecified atom stereocenters. The molecule has 0 aliphatic carbocycles. The SMILES string of the molecule is O=S(=O)(O)Cc1nc2ccccc2o1.[H-].[Na+]. The van der Waals surface area contributed by atoms with E-state index >= 15 is 0 Å². The van der Waals surface area contributed by atoms with Gasteiger partial charge in [0.05, 0.1) is 0 Å². The minimum absolute atomic E-state index is 0. The average molecular weight is 237 g/mol. The summed E-state index contributed by atoms with van der Waals surface area (Å²) in [6.07, 6.45) is 0. The van der Waals surface area contributed by atoms with E-state index in [0.717, 1.165) is 0 Å². The topological polar surface area (TPSA) is 80.4 Å². The van der Waals surface area contributed by atoms with Crippen molar-refractivity contribution >= 4 is 21.2 Å². The van der Waals surface area contributed by atoms with Crippen LogP contribution < -0.4 is 29.6 Å². The molecular weight excluding hydrogens is 229 g/mol. The summed E-state index contributed by atoms with van der Waals surface area (Å²) in [6.45, 7) is 0. The molecule has 0 fully saturated rings. The van der Waals surface area contributed by atoms with Crippen LogP contribution in [0.5, 0.6) is 0 Å². The standard InChI is InChI=1S/C8H7NO4S.Na.H/c10-14(11,12)5-8-9-6-3-1-2-4-7(6)13-8;;/h1-4H,5H2,(H,10,11,12);;/q;+1;-1. The van der Waals surface area contributed by atoms with Crippen molar-refractivity contribution in [3.8, 4) is 0 Å². The van der Waals surface area contributed by atoms with Crippen molar-refractivity contribution in [3.63, 3.8) is 0 Å². The van der Waals surface area contributed by atoms with Crippen molar-refractivity contribution in [3.05, 3.63) is 30.2 Å². The first-order valence-electron chi connectivity index (χ1n) is 3.84. The zero-order chi connectivity index (χ0) is 10.2. The van der Waals surface area contributed by atoms with Crippen molar-refractivity contribution in [2.24, 2.45) is 0 Å². The van der Waals surface area contributed by atoms with Gasteiger partial charge in [-0.2, -0.15) is 8.42 Å². The fraction of sp³-hybridized carbons (Fsp3) is 0.125. The normalized spacial score (nSPS) is 11.3. The largest absolute Gasteiger partial charge is 1.00 e. The van der Waals surface area contributed by atoms with Crippen LogP contribution in [0, 0.1) is 0 Å². The van der Waals surface area contributed by atoms with Crippen LogP contribution in [0.1, 0.15) is 7.32 Å². The van der Waals surface area contributed by atoms with Crippen molar-refractivity contribution in [1.29, 1.82) is 0 Å². The Morgan fingerprint density at radius 2 is 2.07 bits per heavy atom. The molecule has 5 nitrogen and oxygen atoms in total. The monoisotopic (exact) mass is 237 g/mol.